The van der Waals surface area contributed by atoms with Crippen LogP contribution in [0.4, 0.5) is 0 Å². The number of aliphatic carboxylic acids is 2. The highest BCUT2D eigenvalue weighted by Crippen LogP contribution is 2.24. The van der Waals surface area contributed by atoms with Gasteiger partial charge in [-0.2, -0.15) is 0 Å². The van der Waals surface area contributed by atoms with Crippen LogP contribution in [0.3, 0.4) is 0 Å². The van der Waals surface area contributed by atoms with Gasteiger partial charge in [-0.15, -0.1) is 0 Å². The molecule has 0 rings (SSSR count). The van der Waals surface area contributed by atoms with Gasteiger partial charge in [0.2, 0.25) is 0 Å². The lowest BCUT2D eigenvalue weighted by Crippen LogP contribution is -2.11. The summed E-state index contributed by atoms with van der Waals surface area (Å²) < 4.78 is 0. The third-order valence-electron chi connectivity index (χ3n) is 2.14. The molecule has 0 aliphatic heterocycles. The zero-order chi connectivity index (χ0) is 11.1. The van der Waals surface area contributed by atoms with Gasteiger partial charge in [0.25, 0.3) is 0 Å². The molecule has 0 fully saturated rings. The molecule has 0 aromatic heterocycles. The largest absolute Gasteiger partial charge is 0.481 e. The molecule has 0 saturated heterocycles. The first-order valence-corrected chi connectivity index (χ1v) is 4.71. The Bertz CT molecular complexity index is 180. The van der Waals surface area contributed by atoms with Gasteiger partial charge in [0.1, 0.15) is 0 Å². The number of carboxylic acid groups (broad SMARTS) is 2. The summed E-state index contributed by atoms with van der Waals surface area (Å²) in [4.78, 5) is 20.7. The molecule has 14 heavy (non-hydrogen) atoms. The summed E-state index contributed by atoms with van der Waals surface area (Å²) in [7, 11) is 0. The first-order valence-electron chi connectivity index (χ1n) is 4.71. The second-order valence-electron chi connectivity index (χ2n) is 3.60. The van der Waals surface area contributed by atoms with Crippen LogP contribution in [0.1, 0.15) is 39.5 Å². The van der Waals surface area contributed by atoms with E-state index in [-0.39, 0.29) is 18.8 Å². The summed E-state index contributed by atoms with van der Waals surface area (Å²) in [6.45, 7) is 3.91. The van der Waals surface area contributed by atoms with Gasteiger partial charge >= 0.3 is 11.9 Å². The third-order valence-corrected chi connectivity index (χ3v) is 2.14. The van der Waals surface area contributed by atoms with Crippen molar-refractivity contribution in [2.24, 2.45) is 5.92 Å². The average molecular weight is 201 g/mol. The fourth-order valence-electron chi connectivity index (χ4n) is 1.24. The van der Waals surface area contributed by atoms with E-state index in [4.69, 9.17) is 10.2 Å². The molecule has 1 radical (unpaired) electrons. The molecule has 0 unspecified atom stereocenters. The van der Waals surface area contributed by atoms with E-state index in [0.29, 0.717) is 12.8 Å². The quantitative estimate of drug-likeness (QED) is 0.660. The summed E-state index contributed by atoms with van der Waals surface area (Å²) in [6.07, 6.45) is 1.15. The summed E-state index contributed by atoms with van der Waals surface area (Å²) in [5, 5.41) is 17.0. The summed E-state index contributed by atoms with van der Waals surface area (Å²) in [5.74, 6) is -0.388. The highest BCUT2D eigenvalue weighted by atomic mass is 16.4. The first kappa shape index (κ1) is 12.9. The Labute approximate surface area is 83.9 Å². The lowest BCUT2D eigenvalue weighted by Gasteiger charge is -2.18. The van der Waals surface area contributed by atoms with Crippen LogP contribution in [0.5, 0.6) is 0 Å². The van der Waals surface area contributed by atoms with Gasteiger partial charge in [-0.1, -0.05) is 13.8 Å². The molecule has 0 heterocycles. The highest BCUT2D eigenvalue weighted by Gasteiger charge is 2.16. The molecule has 0 amide bonds. The van der Waals surface area contributed by atoms with Crippen LogP contribution in [-0.4, -0.2) is 22.2 Å². The minimum Gasteiger partial charge on any atom is -0.481 e. The summed E-state index contributed by atoms with van der Waals surface area (Å²) >= 11 is 0. The summed E-state index contributed by atoms with van der Waals surface area (Å²) in [6, 6.07) is 0. The van der Waals surface area contributed by atoms with E-state index >= 15 is 0 Å². The van der Waals surface area contributed by atoms with Crippen molar-refractivity contribution >= 4 is 11.9 Å². The van der Waals surface area contributed by atoms with Gasteiger partial charge in [0.05, 0.1) is 0 Å². The normalized spacial score (nSPS) is 10.9. The monoisotopic (exact) mass is 201 g/mol. The Balaban J connectivity index is 3.89. The zero-order valence-corrected chi connectivity index (χ0v) is 8.62. The fraction of sp³-hybridized carbons (Fsp3) is 0.700. The van der Waals surface area contributed by atoms with E-state index in [1.165, 1.54) is 0 Å². The van der Waals surface area contributed by atoms with Gasteiger partial charge in [0.15, 0.2) is 0 Å². The summed E-state index contributed by atoms with van der Waals surface area (Å²) in [5.41, 5.74) is 0. The minimum atomic E-state index is -0.835. The predicted molar refractivity (Wildman–Crippen MR) is 51.8 cm³/mol. The van der Waals surface area contributed by atoms with Gasteiger partial charge < -0.3 is 10.2 Å². The second-order valence-corrected chi connectivity index (χ2v) is 3.60. The van der Waals surface area contributed by atoms with Crippen LogP contribution >= 0.6 is 0 Å². The molecule has 0 saturated carbocycles. The molecule has 0 aliphatic rings. The maximum absolute atomic E-state index is 10.3. The van der Waals surface area contributed by atoms with Gasteiger partial charge in [-0.05, 0) is 24.7 Å². The molecule has 0 aromatic rings. The van der Waals surface area contributed by atoms with E-state index in [1.54, 1.807) is 0 Å². The van der Waals surface area contributed by atoms with E-state index in [9.17, 15) is 9.59 Å². The van der Waals surface area contributed by atoms with Crippen molar-refractivity contribution in [1.82, 2.24) is 0 Å². The Hall–Kier alpha value is -1.06. The molecule has 0 bridgehead atoms. The van der Waals surface area contributed by atoms with Crippen molar-refractivity contribution in [3.05, 3.63) is 5.92 Å². The zero-order valence-electron chi connectivity index (χ0n) is 8.62. The SMILES string of the molecule is CC(C)[C](CCC(=O)O)CCC(=O)O. The van der Waals surface area contributed by atoms with E-state index in [0.717, 1.165) is 5.92 Å². The Kier molecular flexibility index (Phi) is 5.92. The van der Waals surface area contributed by atoms with Crippen molar-refractivity contribution in [3.63, 3.8) is 0 Å². The van der Waals surface area contributed by atoms with Crippen LogP contribution in [0.2, 0.25) is 0 Å². The molecular formula is C10H17O4. The average Bonchev–Trinajstić information content (AvgIpc) is 2.02. The topological polar surface area (TPSA) is 74.6 Å². The molecule has 0 aromatic carbocycles. The van der Waals surface area contributed by atoms with Gasteiger partial charge in [-0.25, -0.2) is 0 Å². The number of hydrogen-bond donors (Lipinski definition) is 2. The van der Waals surface area contributed by atoms with Crippen LogP contribution in [0, 0.1) is 11.8 Å². The highest BCUT2D eigenvalue weighted by molar-refractivity contribution is 5.67. The minimum absolute atomic E-state index is 0.0904. The smallest absolute Gasteiger partial charge is 0.303 e. The van der Waals surface area contributed by atoms with Crippen molar-refractivity contribution < 1.29 is 19.8 Å². The molecule has 81 valence electrons. The van der Waals surface area contributed by atoms with Crippen LogP contribution in [0.25, 0.3) is 0 Å². The van der Waals surface area contributed by atoms with Crippen molar-refractivity contribution in [2.75, 3.05) is 0 Å². The Morgan fingerprint density at radius 3 is 1.50 bits per heavy atom. The van der Waals surface area contributed by atoms with Crippen LogP contribution in [-0.2, 0) is 9.59 Å². The number of carboxylic acids is 2. The molecule has 0 atom stereocenters. The number of rotatable bonds is 7. The van der Waals surface area contributed by atoms with Crippen LogP contribution in [0.15, 0.2) is 0 Å². The molecule has 4 nitrogen and oxygen atoms in total. The van der Waals surface area contributed by atoms with Gasteiger partial charge in [-0.3, -0.25) is 9.59 Å². The Morgan fingerprint density at radius 1 is 0.929 bits per heavy atom. The third kappa shape index (κ3) is 6.46. The predicted octanol–water partition coefficient (Wildman–Crippen LogP) is 1.95. The molecule has 0 spiro atoms. The lowest BCUT2D eigenvalue weighted by atomic mass is 9.87. The molecule has 2 N–H and O–H groups in total. The number of hydrogen-bond acceptors (Lipinski definition) is 2. The molecular weight excluding hydrogens is 184 g/mol. The lowest BCUT2D eigenvalue weighted by molar-refractivity contribution is -0.137. The maximum atomic E-state index is 10.3. The Morgan fingerprint density at radius 2 is 1.29 bits per heavy atom. The van der Waals surface area contributed by atoms with Gasteiger partial charge in [0, 0.05) is 12.8 Å². The van der Waals surface area contributed by atoms with E-state index in [2.05, 4.69) is 0 Å². The standard InChI is InChI=1S/C10H17O4/c1-7(2)8(3-5-9(11)12)4-6-10(13)14/h7H,3-6H2,1-2H3,(H,11,12)(H,13,14). The van der Waals surface area contributed by atoms with Crippen LogP contribution < -0.4 is 0 Å². The van der Waals surface area contributed by atoms with Crippen molar-refractivity contribution in [3.8, 4) is 0 Å². The number of carbonyl (C=O) groups is 2. The maximum Gasteiger partial charge on any atom is 0.303 e. The van der Waals surface area contributed by atoms with E-state index in [1.807, 2.05) is 13.8 Å². The molecule has 0 aliphatic carbocycles. The fourth-order valence-corrected chi connectivity index (χ4v) is 1.24. The first-order chi connectivity index (χ1) is 6.43. The van der Waals surface area contributed by atoms with Crippen molar-refractivity contribution in [1.29, 1.82) is 0 Å². The molecule has 4 heteroatoms. The van der Waals surface area contributed by atoms with E-state index < -0.39 is 11.9 Å². The second kappa shape index (κ2) is 6.40. The van der Waals surface area contributed by atoms with Crippen molar-refractivity contribution in [2.45, 2.75) is 39.5 Å².